The second-order valence-corrected chi connectivity index (χ2v) is 7.64. The van der Waals surface area contributed by atoms with E-state index in [9.17, 15) is 0 Å². The van der Waals surface area contributed by atoms with Crippen molar-refractivity contribution in [3.05, 3.63) is 77.4 Å². The van der Waals surface area contributed by atoms with E-state index in [1.54, 1.807) is 0 Å². The molecule has 7 heteroatoms. The summed E-state index contributed by atoms with van der Waals surface area (Å²) in [6.45, 7) is 2.40. The minimum atomic E-state index is 0.520. The molecule has 0 spiro atoms. The normalized spacial score (nSPS) is 14.8. The molecule has 0 radical (unpaired) electrons. The zero-order valence-electron chi connectivity index (χ0n) is 18.5. The fraction of sp³-hybridized carbons (Fsp3) is 0.320. The first-order valence-electron chi connectivity index (χ1n) is 10.9. The number of pyridine rings is 1. The van der Waals surface area contributed by atoms with Crippen molar-refractivity contribution < 1.29 is 9.68 Å². The third-order valence-corrected chi connectivity index (χ3v) is 5.28. The lowest BCUT2D eigenvalue weighted by Crippen LogP contribution is -2.16. The van der Waals surface area contributed by atoms with Gasteiger partial charge in [0, 0.05) is 17.5 Å². The van der Waals surface area contributed by atoms with E-state index in [2.05, 4.69) is 20.3 Å². The Morgan fingerprint density at radius 2 is 1.91 bits per heavy atom. The molecular formula is C25H27N5O2. The van der Waals surface area contributed by atoms with Gasteiger partial charge in [-0.25, -0.2) is 9.97 Å². The summed E-state index contributed by atoms with van der Waals surface area (Å²) in [5.74, 6) is 0.720. The maximum Gasteiger partial charge on any atom is 0.159 e. The van der Waals surface area contributed by atoms with Crippen molar-refractivity contribution >= 4 is 11.4 Å². The van der Waals surface area contributed by atoms with E-state index >= 15 is 0 Å². The van der Waals surface area contributed by atoms with Crippen LogP contribution in [0.5, 0.6) is 0 Å². The van der Waals surface area contributed by atoms with Gasteiger partial charge in [-0.1, -0.05) is 46.7 Å². The number of nitrogens with zero attached hydrogens (tertiary/aromatic N) is 5. The lowest BCUT2D eigenvalue weighted by Gasteiger charge is -2.17. The predicted molar refractivity (Wildman–Crippen MR) is 125 cm³/mol. The lowest BCUT2D eigenvalue weighted by molar-refractivity contribution is 0.141. The van der Waals surface area contributed by atoms with Crippen molar-refractivity contribution in [1.82, 2.24) is 15.0 Å². The Hall–Kier alpha value is -3.61. The zero-order chi connectivity index (χ0) is 22.2. The number of fused-ring (bicyclic) bond motifs is 1. The van der Waals surface area contributed by atoms with Crippen molar-refractivity contribution in [2.45, 2.75) is 39.0 Å². The van der Waals surface area contributed by atoms with Crippen LogP contribution in [0.15, 0.2) is 65.0 Å². The predicted octanol–water partition coefficient (Wildman–Crippen LogP) is 4.60. The molecule has 1 aliphatic rings. The Balaban J connectivity index is 1.37. The maximum atomic E-state index is 5.67. The molecule has 0 atom stereocenters. The summed E-state index contributed by atoms with van der Waals surface area (Å²) < 4.78 is 0. The number of oxime groups is 2. The highest BCUT2D eigenvalue weighted by Gasteiger charge is 2.19. The minimum absolute atomic E-state index is 0.520. The molecule has 1 aromatic carbocycles. The molecule has 0 unspecified atom stereocenters. The lowest BCUT2D eigenvalue weighted by atomic mass is 9.95. The second kappa shape index (κ2) is 10.6. The van der Waals surface area contributed by atoms with Crippen LogP contribution in [0.2, 0.25) is 0 Å². The molecule has 0 aliphatic heterocycles. The van der Waals surface area contributed by atoms with Crippen molar-refractivity contribution in [2.75, 3.05) is 13.7 Å². The summed E-state index contributed by atoms with van der Waals surface area (Å²) in [5, 5.41) is 8.37. The van der Waals surface area contributed by atoms with Crippen molar-refractivity contribution in [1.29, 1.82) is 0 Å². The average molecular weight is 430 g/mol. The molecule has 0 fully saturated rings. The van der Waals surface area contributed by atoms with E-state index in [0.717, 1.165) is 77.6 Å². The van der Waals surface area contributed by atoms with Crippen LogP contribution >= 0.6 is 0 Å². The van der Waals surface area contributed by atoms with E-state index in [4.69, 9.17) is 14.7 Å². The van der Waals surface area contributed by atoms with Crippen LogP contribution in [0.3, 0.4) is 0 Å². The largest absolute Gasteiger partial charge is 0.399 e. The average Bonchev–Trinajstić information content (AvgIpc) is 2.84. The molecule has 0 saturated heterocycles. The number of rotatable bonds is 8. The first kappa shape index (κ1) is 21.6. The van der Waals surface area contributed by atoms with Gasteiger partial charge in [-0.15, -0.1) is 0 Å². The van der Waals surface area contributed by atoms with Gasteiger partial charge in [0.15, 0.2) is 5.82 Å². The molecule has 3 aromatic rings. The van der Waals surface area contributed by atoms with Crippen LogP contribution < -0.4 is 0 Å². The summed E-state index contributed by atoms with van der Waals surface area (Å²) in [6.07, 6.45) is 6.40. The number of benzene rings is 1. The molecule has 1 aliphatic carbocycles. The number of aromatic nitrogens is 3. The standard InChI is InChI=1S/C25H27N5O2/c1-18(29-31-2)22-14-7-12-21(27-22)13-8-16-32-30-23-15-6-11-20-17-26-25(28-24(20)23)19-9-4-3-5-10-19/h3-5,7,9-10,12,14,17H,6,8,11,13,15-16H2,1-2H3. The molecule has 7 nitrogen and oxygen atoms in total. The van der Waals surface area contributed by atoms with E-state index in [1.165, 1.54) is 7.11 Å². The van der Waals surface area contributed by atoms with Gasteiger partial charge in [-0.3, -0.25) is 4.98 Å². The minimum Gasteiger partial charge on any atom is -0.399 e. The highest BCUT2D eigenvalue weighted by atomic mass is 16.6. The van der Waals surface area contributed by atoms with Gasteiger partial charge in [0.2, 0.25) is 0 Å². The Kier molecular flexibility index (Phi) is 7.17. The molecule has 164 valence electrons. The summed E-state index contributed by atoms with van der Waals surface area (Å²) in [7, 11) is 1.53. The molecule has 0 bridgehead atoms. The SMILES string of the molecule is CON=C(C)c1cccc(CCCON=C2CCCc3cnc(-c4ccccc4)nc32)n1. The molecule has 4 rings (SSSR count). The van der Waals surface area contributed by atoms with E-state index in [0.29, 0.717) is 6.61 Å². The van der Waals surface area contributed by atoms with E-state index in [1.807, 2.05) is 61.7 Å². The third-order valence-electron chi connectivity index (χ3n) is 5.28. The summed E-state index contributed by atoms with van der Waals surface area (Å²) in [6, 6.07) is 15.9. The third kappa shape index (κ3) is 5.35. The smallest absolute Gasteiger partial charge is 0.159 e. The fourth-order valence-electron chi connectivity index (χ4n) is 3.66. The maximum absolute atomic E-state index is 5.67. The Bertz CT molecular complexity index is 1110. The van der Waals surface area contributed by atoms with Gasteiger partial charge < -0.3 is 9.68 Å². The molecular weight excluding hydrogens is 402 g/mol. The zero-order valence-corrected chi connectivity index (χ0v) is 18.5. The van der Waals surface area contributed by atoms with Crippen LogP contribution in [-0.4, -0.2) is 40.1 Å². The van der Waals surface area contributed by atoms with Gasteiger partial charge in [0.25, 0.3) is 0 Å². The highest BCUT2D eigenvalue weighted by molar-refractivity contribution is 6.01. The summed E-state index contributed by atoms with van der Waals surface area (Å²) in [4.78, 5) is 24.5. The second-order valence-electron chi connectivity index (χ2n) is 7.64. The Morgan fingerprint density at radius 1 is 1.03 bits per heavy atom. The molecule has 2 heterocycles. The van der Waals surface area contributed by atoms with Crippen molar-refractivity contribution in [2.24, 2.45) is 10.3 Å². The summed E-state index contributed by atoms with van der Waals surface area (Å²) >= 11 is 0. The molecule has 0 saturated carbocycles. The van der Waals surface area contributed by atoms with Gasteiger partial charge in [0.05, 0.1) is 11.4 Å². The molecule has 0 amide bonds. The van der Waals surface area contributed by atoms with Gasteiger partial charge in [-0.2, -0.15) is 0 Å². The van der Waals surface area contributed by atoms with Crippen LogP contribution in [0.4, 0.5) is 0 Å². The first-order chi connectivity index (χ1) is 15.7. The van der Waals surface area contributed by atoms with Gasteiger partial charge in [-0.05, 0) is 56.7 Å². The summed E-state index contributed by atoms with van der Waals surface area (Å²) in [5.41, 5.74) is 6.51. The fourth-order valence-corrected chi connectivity index (χ4v) is 3.66. The van der Waals surface area contributed by atoms with Crippen molar-refractivity contribution in [3.63, 3.8) is 0 Å². The first-order valence-corrected chi connectivity index (χ1v) is 10.9. The van der Waals surface area contributed by atoms with E-state index in [-0.39, 0.29) is 0 Å². The number of hydrogen-bond acceptors (Lipinski definition) is 7. The number of hydrogen-bond donors (Lipinski definition) is 0. The van der Waals surface area contributed by atoms with E-state index < -0.39 is 0 Å². The molecule has 32 heavy (non-hydrogen) atoms. The van der Waals surface area contributed by atoms with Crippen molar-refractivity contribution in [3.8, 4) is 11.4 Å². The van der Waals surface area contributed by atoms with Crippen LogP contribution in [-0.2, 0) is 22.5 Å². The van der Waals surface area contributed by atoms with Crippen LogP contribution in [0.25, 0.3) is 11.4 Å². The van der Waals surface area contributed by atoms with Crippen LogP contribution in [0.1, 0.15) is 48.8 Å². The van der Waals surface area contributed by atoms with Crippen LogP contribution in [0, 0.1) is 0 Å². The molecule has 2 aromatic heterocycles. The molecule has 0 N–H and O–H groups in total. The van der Waals surface area contributed by atoms with Gasteiger partial charge >= 0.3 is 0 Å². The topological polar surface area (TPSA) is 81.9 Å². The Morgan fingerprint density at radius 3 is 2.75 bits per heavy atom. The number of aryl methyl sites for hydroxylation is 2. The Labute approximate surface area is 188 Å². The quantitative estimate of drug-likeness (QED) is 0.297. The monoisotopic (exact) mass is 429 g/mol. The highest BCUT2D eigenvalue weighted by Crippen LogP contribution is 2.23. The van der Waals surface area contributed by atoms with Gasteiger partial charge in [0.1, 0.15) is 25.1 Å².